The normalized spacial score (nSPS) is 14.9. The minimum Gasteiger partial charge on any atom is -0.308 e. The van der Waals surface area contributed by atoms with Gasteiger partial charge in [-0.1, -0.05) is 54.6 Å². The average Bonchev–Trinajstić information content (AvgIpc) is 3.42. The maximum atomic E-state index is 4.81. The molecule has 9 rings (SSSR count). The van der Waals surface area contributed by atoms with E-state index in [1.165, 1.54) is 84.0 Å². The van der Waals surface area contributed by atoms with E-state index in [1.54, 1.807) is 0 Å². The highest BCUT2D eigenvalue weighted by Gasteiger charge is 2.34. The maximum Gasteiger partial charge on any atom is 0.0716 e. The van der Waals surface area contributed by atoms with Gasteiger partial charge in [0.15, 0.2) is 0 Å². The van der Waals surface area contributed by atoms with Gasteiger partial charge in [0.05, 0.1) is 17.1 Å². The fraction of sp³-hybridized carbons (Fsp3) is 0.121. The topological polar surface area (TPSA) is 16.1 Å². The Hall–Kier alpha value is -4.17. The summed E-state index contributed by atoms with van der Waals surface area (Å²) in [7, 11) is 0. The Balaban J connectivity index is 1.27. The molecule has 2 aliphatic heterocycles. The molecule has 0 bridgehead atoms. The van der Waals surface area contributed by atoms with Crippen molar-refractivity contribution >= 4 is 17.1 Å². The second kappa shape index (κ2) is 6.28. The van der Waals surface area contributed by atoms with Gasteiger partial charge in [0.25, 0.3) is 0 Å². The van der Waals surface area contributed by atoms with E-state index in [-0.39, 0.29) is 0 Å². The van der Waals surface area contributed by atoms with Gasteiger partial charge in [-0.2, -0.15) is 0 Å². The largest absolute Gasteiger partial charge is 0.308 e. The molecule has 35 heavy (non-hydrogen) atoms. The molecule has 0 saturated heterocycles. The van der Waals surface area contributed by atoms with Crippen LogP contribution < -0.4 is 4.90 Å². The van der Waals surface area contributed by atoms with E-state index in [2.05, 4.69) is 83.8 Å². The van der Waals surface area contributed by atoms with Crippen molar-refractivity contribution in [2.75, 3.05) is 4.90 Å². The summed E-state index contributed by atoms with van der Waals surface area (Å²) in [4.78, 5) is 7.31. The van der Waals surface area contributed by atoms with Crippen LogP contribution in [0.3, 0.4) is 0 Å². The number of hydrogen-bond acceptors (Lipinski definition) is 2. The minimum atomic E-state index is 0.907. The van der Waals surface area contributed by atoms with Gasteiger partial charge in [0, 0.05) is 24.7 Å². The van der Waals surface area contributed by atoms with Gasteiger partial charge in [-0.05, 0) is 98.3 Å². The second-order valence-corrected chi connectivity index (χ2v) is 10.4. The van der Waals surface area contributed by atoms with Gasteiger partial charge in [-0.15, -0.1) is 0 Å². The third kappa shape index (κ3) is 2.32. The number of fused-ring (bicyclic) bond motifs is 10. The smallest absolute Gasteiger partial charge is 0.0716 e. The first-order valence-electron chi connectivity index (χ1n) is 12.6. The molecule has 4 aromatic carbocycles. The first kappa shape index (κ1) is 18.2. The number of pyridine rings is 1. The van der Waals surface area contributed by atoms with E-state index in [9.17, 15) is 0 Å². The van der Waals surface area contributed by atoms with Crippen LogP contribution in [0.25, 0.3) is 22.3 Å². The number of rotatable bonds is 0. The molecule has 2 nitrogen and oxygen atoms in total. The molecule has 0 saturated carbocycles. The van der Waals surface area contributed by atoms with Crippen LogP contribution in [0.15, 0.2) is 85.1 Å². The molecule has 0 atom stereocenters. The van der Waals surface area contributed by atoms with Crippen molar-refractivity contribution < 1.29 is 0 Å². The van der Waals surface area contributed by atoms with Crippen LogP contribution in [0, 0.1) is 0 Å². The van der Waals surface area contributed by atoms with Crippen LogP contribution in [0.4, 0.5) is 17.1 Å². The number of benzene rings is 4. The van der Waals surface area contributed by atoms with Crippen LogP contribution in [0.2, 0.25) is 0 Å². The van der Waals surface area contributed by atoms with Gasteiger partial charge in [0.2, 0.25) is 0 Å². The molecule has 2 heteroatoms. The lowest BCUT2D eigenvalue weighted by Gasteiger charge is -2.39. The van der Waals surface area contributed by atoms with Crippen molar-refractivity contribution in [3.05, 3.63) is 130 Å². The zero-order valence-electron chi connectivity index (χ0n) is 19.3. The Morgan fingerprint density at radius 1 is 0.486 bits per heavy atom. The van der Waals surface area contributed by atoms with E-state index < -0.39 is 0 Å². The molecule has 0 unspecified atom stereocenters. The summed E-state index contributed by atoms with van der Waals surface area (Å²) in [6.45, 7) is 0. The lowest BCUT2D eigenvalue weighted by atomic mass is 9.87. The SMILES string of the molecule is c1ccc2c(c1)Cc1cc3c(cc1-2)-c1cc2c(cc1C3)Cc1ccnc3c1N2c1ccccc1C3. The Bertz CT molecular complexity index is 1760. The van der Waals surface area contributed by atoms with E-state index in [0.29, 0.717) is 0 Å². The monoisotopic (exact) mass is 446 g/mol. The van der Waals surface area contributed by atoms with Crippen LogP contribution in [0.5, 0.6) is 0 Å². The Labute approximate surface area is 204 Å². The van der Waals surface area contributed by atoms with Crippen molar-refractivity contribution in [3.63, 3.8) is 0 Å². The molecule has 0 amide bonds. The summed E-state index contributed by atoms with van der Waals surface area (Å²) in [5.74, 6) is 0. The summed E-state index contributed by atoms with van der Waals surface area (Å²) in [5, 5.41) is 0. The molecule has 0 radical (unpaired) electrons. The molecule has 0 N–H and O–H groups in total. The molecule has 5 aromatic rings. The zero-order chi connectivity index (χ0) is 22.7. The molecule has 164 valence electrons. The molecule has 1 aromatic heterocycles. The second-order valence-electron chi connectivity index (χ2n) is 10.4. The summed E-state index contributed by atoms with van der Waals surface area (Å²) in [6, 6.07) is 29.9. The number of hydrogen-bond donors (Lipinski definition) is 0. The predicted octanol–water partition coefficient (Wildman–Crippen LogP) is 7.50. The van der Waals surface area contributed by atoms with E-state index in [1.807, 2.05) is 6.20 Å². The van der Waals surface area contributed by atoms with Gasteiger partial charge < -0.3 is 4.90 Å². The summed E-state index contributed by atoms with van der Waals surface area (Å²) >= 11 is 0. The first-order chi connectivity index (χ1) is 17.3. The molecular formula is C33H22N2. The van der Waals surface area contributed by atoms with Crippen molar-refractivity contribution in [1.29, 1.82) is 0 Å². The lowest BCUT2D eigenvalue weighted by molar-refractivity contribution is 0.959. The van der Waals surface area contributed by atoms with Gasteiger partial charge >= 0.3 is 0 Å². The van der Waals surface area contributed by atoms with Crippen LogP contribution >= 0.6 is 0 Å². The lowest BCUT2D eigenvalue weighted by Crippen LogP contribution is -2.25. The first-order valence-corrected chi connectivity index (χ1v) is 12.6. The number of aromatic nitrogens is 1. The van der Waals surface area contributed by atoms with Crippen LogP contribution in [-0.2, 0) is 25.7 Å². The molecule has 0 fully saturated rings. The van der Waals surface area contributed by atoms with Crippen molar-refractivity contribution in [2.45, 2.75) is 25.7 Å². The predicted molar refractivity (Wildman–Crippen MR) is 141 cm³/mol. The standard InChI is InChI=1S/C33H22N2/c1-3-7-26-19(5-1)11-22-13-23-14-24-15-25-12-21-9-10-34-30-16-20-6-2-4-8-31(20)35(33(21)30)32(25)18-29(24)28(23)17-27(22)26/h1-10,13,15,17-18H,11-12,14,16H2. The number of anilines is 3. The fourth-order valence-corrected chi connectivity index (χ4v) is 6.99. The molecule has 0 spiro atoms. The summed E-state index contributed by atoms with van der Waals surface area (Å²) in [6.07, 6.45) is 5.97. The Kier molecular flexibility index (Phi) is 3.27. The van der Waals surface area contributed by atoms with Crippen molar-refractivity contribution in [3.8, 4) is 22.3 Å². The average molecular weight is 447 g/mol. The van der Waals surface area contributed by atoms with E-state index in [0.717, 1.165) is 25.7 Å². The van der Waals surface area contributed by atoms with E-state index >= 15 is 0 Å². The quantitative estimate of drug-likeness (QED) is 0.240. The Morgan fingerprint density at radius 2 is 1.17 bits per heavy atom. The fourth-order valence-electron chi connectivity index (χ4n) is 6.99. The maximum absolute atomic E-state index is 4.81. The third-order valence-corrected chi connectivity index (χ3v) is 8.51. The highest BCUT2D eigenvalue weighted by atomic mass is 15.2. The molecule has 4 aliphatic rings. The van der Waals surface area contributed by atoms with Crippen molar-refractivity contribution in [2.24, 2.45) is 0 Å². The summed E-state index contributed by atoms with van der Waals surface area (Å²) in [5.41, 5.74) is 20.8. The van der Waals surface area contributed by atoms with Gasteiger partial charge in [-0.25, -0.2) is 0 Å². The van der Waals surface area contributed by atoms with Crippen molar-refractivity contribution in [1.82, 2.24) is 4.98 Å². The highest BCUT2D eigenvalue weighted by Crippen LogP contribution is 2.53. The molecular weight excluding hydrogens is 424 g/mol. The van der Waals surface area contributed by atoms with Gasteiger partial charge in [0.1, 0.15) is 0 Å². The minimum absolute atomic E-state index is 0.907. The number of nitrogens with zero attached hydrogens (tertiary/aromatic N) is 2. The molecule has 2 aliphatic carbocycles. The van der Waals surface area contributed by atoms with Crippen LogP contribution in [-0.4, -0.2) is 4.98 Å². The molecule has 3 heterocycles. The Morgan fingerprint density at radius 3 is 2.09 bits per heavy atom. The van der Waals surface area contributed by atoms with Crippen LogP contribution in [0.1, 0.15) is 44.6 Å². The number of para-hydroxylation sites is 1. The van der Waals surface area contributed by atoms with Gasteiger partial charge in [-0.3, -0.25) is 4.98 Å². The van der Waals surface area contributed by atoms with E-state index in [4.69, 9.17) is 4.98 Å². The zero-order valence-corrected chi connectivity index (χ0v) is 19.3. The highest BCUT2D eigenvalue weighted by molar-refractivity contribution is 5.93. The third-order valence-electron chi connectivity index (χ3n) is 8.51. The summed E-state index contributed by atoms with van der Waals surface area (Å²) < 4.78 is 0.